The van der Waals surface area contributed by atoms with Gasteiger partial charge < -0.3 is 9.30 Å². The molecule has 2 amide bonds. The van der Waals surface area contributed by atoms with Crippen LogP contribution < -0.4 is 0 Å². The average molecular weight is 348 g/mol. The van der Waals surface area contributed by atoms with Crippen LogP contribution in [0.3, 0.4) is 0 Å². The number of methoxy groups -OCH3 is 1. The lowest BCUT2D eigenvalue weighted by atomic mass is 10.2. The Morgan fingerprint density at radius 2 is 2.08 bits per heavy atom. The van der Waals surface area contributed by atoms with Gasteiger partial charge in [-0.3, -0.25) is 14.5 Å². The Kier molecular flexibility index (Phi) is 4.80. The first-order valence-corrected chi connectivity index (χ1v) is 8.85. The molecule has 6 nitrogen and oxygen atoms in total. The van der Waals surface area contributed by atoms with Crippen LogP contribution >= 0.6 is 11.8 Å². The van der Waals surface area contributed by atoms with E-state index in [0.717, 1.165) is 22.2 Å². The van der Waals surface area contributed by atoms with Crippen LogP contribution in [0.25, 0.3) is 6.08 Å². The zero-order valence-electron chi connectivity index (χ0n) is 13.7. The fourth-order valence-electron chi connectivity index (χ4n) is 3.19. The molecule has 0 N–H and O–H groups in total. The van der Waals surface area contributed by atoms with Crippen molar-refractivity contribution >= 4 is 35.0 Å². The van der Waals surface area contributed by atoms with Crippen LogP contribution in [0.15, 0.2) is 23.4 Å². The molecule has 0 spiro atoms. The number of carbonyl (C=O) groups is 3. The average Bonchev–Trinajstić information content (AvgIpc) is 3.28. The van der Waals surface area contributed by atoms with Crippen molar-refractivity contribution in [2.75, 3.05) is 7.11 Å². The zero-order valence-corrected chi connectivity index (χ0v) is 14.5. The second kappa shape index (κ2) is 6.84. The summed E-state index contributed by atoms with van der Waals surface area (Å²) in [5, 5.41) is -0.445. The van der Waals surface area contributed by atoms with Crippen molar-refractivity contribution in [1.29, 1.82) is 0 Å². The molecule has 1 atom stereocenters. The van der Waals surface area contributed by atoms with Gasteiger partial charge in [0.2, 0.25) is 0 Å². The second-order valence-electron chi connectivity index (χ2n) is 6.08. The van der Waals surface area contributed by atoms with Gasteiger partial charge in [0, 0.05) is 18.4 Å². The van der Waals surface area contributed by atoms with Crippen molar-refractivity contribution in [3.8, 4) is 0 Å². The lowest BCUT2D eigenvalue weighted by Crippen LogP contribution is -2.42. The summed E-state index contributed by atoms with van der Waals surface area (Å²) in [7, 11) is 1.24. The van der Waals surface area contributed by atoms with Gasteiger partial charge in [-0.25, -0.2) is 4.79 Å². The summed E-state index contributed by atoms with van der Waals surface area (Å²) in [5.41, 5.74) is 0.887. The summed E-state index contributed by atoms with van der Waals surface area (Å²) in [6.45, 7) is 1.49. The second-order valence-corrected chi connectivity index (χ2v) is 7.07. The Hall–Kier alpha value is -2.02. The molecular weight excluding hydrogens is 328 g/mol. The molecule has 128 valence electrons. The molecule has 1 aliphatic carbocycles. The van der Waals surface area contributed by atoms with Gasteiger partial charge >= 0.3 is 5.97 Å². The highest BCUT2D eigenvalue weighted by Gasteiger charge is 2.41. The maximum absolute atomic E-state index is 12.4. The van der Waals surface area contributed by atoms with Gasteiger partial charge in [0.15, 0.2) is 0 Å². The van der Waals surface area contributed by atoms with E-state index in [4.69, 9.17) is 0 Å². The molecule has 0 aromatic carbocycles. The molecule has 1 aliphatic heterocycles. The molecule has 1 aromatic rings. The smallest absolute Gasteiger partial charge is 0.328 e. The first-order chi connectivity index (χ1) is 11.5. The first-order valence-electron chi connectivity index (χ1n) is 8.03. The third-order valence-corrected chi connectivity index (χ3v) is 5.42. The highest BCUT2D eigenvalue weighted by Crippen LogP contribution is 2.35. The minimum atomic E-state index is -0.920. The molecule has 2 heterocycles. The van der Waals surface area contributed by atoms with Crippen LogP contribution in [0.2, 0.25) is 0 Å². The number of aromatic nitrogens is 1. The molecule has 2 fully saturated rings. The number of esters is 1. The van der Waals surface area contributed by atoms with Gasteiger partial charge in [-0.2, -0.15) is 0 Å². The van der Waals surface area contributed by atoms with E-state index in [2.05, 4.69) is 9.30 Å². The number of thioether (sulfide) groups is 1. The van der Waals surface area contributed by atoms with Gasteiger partial charge in [0.1, 0.15) is 6.04 Å². The summed E-state index contributed by atoms with van der Waals surface area (Å²) in [6.07, 6.45) is 10.6. The number of hydrogen-bond acceptors (Lipinski definition) is 5. The van der Waals surface area contributed by atoms with Crippen LogP contribution in [-0.4, -0.2) is 39.7 Å². The van der Waals surface area contributed by atoms with E-state index in [1.54, 1.807) is 6.08 Å². The minimum absolute atomic E-state index is 0.333. The maximum Gasteiger partial charge on any atom is 0.328 e. The molecule has 2 aliphatic rings. The van der Waals surface area contributed by atoms with Crippen LogP contribution in [0, 0.1) is 0 Å². The number of ether oxygens (including phenoxy) is 1. The van der Waals surface area contributed by atoms with E-state index in [1.807, 2.05) is 18.5 Å². The summed E-state index contributed by atoms with van der Waals surface area (Å²) in [6, 6.07) is 1.55. The third-order valence-electron chi connectivity index (χ3n) is 4.53. The SMILES string of the molecule is COC(=O)C(C)N1C(=O)S/C(=C\c2ccn(C3CCCC3)c2)C1=O. The molecule has 3 rings (SSSR count). The Morgan fingerprint density at radius 1 is 1.38 bits per heavy atom. The topological polar surface area (TPSA) is 68.6 Å². The van der Waals surface area contributed by atoms with Gasteiger partial charge in [-0.05, 0) is 49.2 Å². The molecule has 0 bridgehead atoms. The number of amides is 2. The van der Waals surface area contributed by atoms with E-state index in [9.17, 15) is 14.4 Å². The molecule has 1 aromatic heterocycles. The molecule has 1 saturated heterocycles. The standard InChI is InChI=1S/C17H20N2O4S/c1-11(16(21)23-2)19-15(20)14(24-17(19)22)9-12-7-8-18(10-12)13-5-3-4-6-13/h7-11,13H,3-6H2,1-2H3/b14-9-. The normalized spacial score (nSPS) is 21.8. The highest BCUT2D eigenvalue weighted by molar-refractivity contribution is 8.18. The lowest BCUT2D eigenvalue weighted by Gasteiger charge is -2.18. The van der Waals surface area contributed by atoms with Crippen molar-refractivity contribution in [2.24, 2.45) is 0 Å². The van der Waals surface area contributed by atoms with Gasteiger partial charge in [-0.15, -0.1) is 0 Å². The van der Waals surface area contributed by atoms with Gasteiger partial charge in [0.25, 0.3) is 11.1 Å². The van der Waals surface area contributed by atoms with Gasteiger partial charge in [0.05, 0.1) is 12.0 Å². The number of carbonyl (C=O) groups excluding carboxylic acids is 3. The van der Waals surface area contributed by atoms with Crippen molar-refractivity contribution in [3.63, 3.8) is 0 Å². The fraction of sp³-hybridized carbons (Fsp3) is 0.471. The zero-order chi connectivity index (χ0) is 17.3. The Bertz CT molecular complexity index is 703. The summed E-state index contributed by atoms with van der Waals surface area (Å²) in [4.78, 5) is 37.4. The van der Waals surface area contributed by atoms with Crippen LogP contribution in [-0.2, 0) is 14.3 Å². The molecule has 7 heteroatoms. The summed E-state index contributed by atoms with van der Waals surface area (Å²) in [5.74, 6) is -1.05. The molecule has 1 unspecified atom stereocenters. The van der Waals surface area contributed by atoms with Crippen molar-refractivity contribution < 1.29 is 19.1 Å². The van der Waals surface area contributed by atoms with Gasteiger partial charge in [-0.1, -0.05) is 12.8 Å². The quantitative estimate of drug-likeness (QED) is 0.617. The Balaban J connectivity index is 1.77. The monoisotopic (exact) mass is 348 g/mol. The number of hydrogen-bond donors (Lipinski definition) is 0. The van der Waals surface area contributed by atoms with E-state index in [1.165, 1.54) is 39.7 Å². The lowest BCUT2D eigenvalue weighted by molar-refractivity contribution is -0.148. The van der Waals surface area contributed by atoms with E-state index in [-0.39, 0.29) is 0 Å². The first kappa shape index (κ1) is 16.8. The van der Waals surface area contributed by atoms with E-state index < -0.39 is 23.2 Å². The van der Waals surface area contributed by atoms with Crippen molar-refractivity contribution in [1.82, 2.24) is 9.47 Å². The number of rotatable bonds is 4. The molecular formula is C17H20N2O4S. The Labute approximate surface area is 144 Å². The molecule has 1 saturated carbocycles. The van der Waals surface area contributed by atoms with E-state index in [0.29, 0.717) is 10.9 Å². The Morgan fingerprint density at radius 3 is 2.75 bits per heavy atom. The third kappa shape index (κ3) is 3.13. The highest BCUT2D eigenvalue weighted by atomic mass is 32.2. The summed E-state index contributed by atoms with van der Waals surface area (Å²) >= 11 is 0.856. The predicted octanol–water partition coefficient (Wildman–Crippen LogP) is 3.20. The van der Waals surface area contributed by atoms with Crippen LogP contribution in [0.5, 0.6) is 0 Å². The largest absolute Gasteiger partial charge is 0.467 e. The number of nitrogens with zero attached hydrogens (tertiary/aromatic N) is 2. The molecule has 24 heavy (non-hydrogen) atoms. The minimum Gasteiger partial charge on any atom is -0.467 e. The predicted molar refractivity (Wildman–Crippen MR) is 91.2 cm³/mol. The summed E-state index contributed by atoms with van der Waals surface area (Å²) < 4.78 is 6.80. The van der Waals surface area contributed by atoms with Crippen molar-refractivity contribution in [3.05, 3.63) is 28.9 Å². The fourth-order valence-corrected chi connectivity index (χ4v) is 4.09. The van der Waals surface area contributed by atoms with Crippen LogP contribution in [0.1, 0.15) is 44.2 Å². The molecule has 0 radical (unpaired) electrons. The van der Waals surface area contributed by atoms with E-state index >= 15 is 0 Å². The number of imide groups is 1. The maximum atomic E-state index is 12.4. The van der Waals surface area contributed by atoms with Crippen LogP contribution in [0.4, 0.5) is 4.79 Å². The van der Waals surface area contributed by atoms with Crippen molar-refractivity contribution in [2.45, 2.75) is 44.7 Å².